The Morgan fingerprint density at radius 1 is 1.11 bits per heavy atom. The van der Waals surface area contributed by atoms with Crippen LogP contribution in [0.3, 0.4) is 0 Å². The molecule has 0 aliphatic carbocycles. The van der Waals surface area contributed by atoms with Crippen molar-refractivity contribution in [3.8, 4) is 5.75 Å². The quantitative estimate of drug-likeness (QED) is 0.600. The molecule has 0 aliphatic heterocycles. The Hall–Kier alpha value is -1.79. The first kappa shape index (κ1) is 14.3. The van der Waals surface area contributed by atoms with Crippen LogP contribution in [-0.2, 0) is 0 Å². The SMILES string of the molecule is C=CN(c1ccc(OC(C)(F)F)cc1)C(F)(F)F. The zero-order valence-corrected chi connectivity index (χ0v) is 9.34. The summed E-state index contributed by atoms with van der Waals surface area (Å²) in [4.78, 5) is -0.0408. The molecule has 0 radical (unpaired) electrons. The van der Waals surface area contributed by atoms with Crippen molar-refractivity contribution in [2.24, 2.45) is 0 Å². The molecule has 100 valence electrons. The third-order valence-electron chi connectivity index (χ3n) is 1.87. The number of nitrogens with zero attached hydrogens (tertiary/aromatic N) is 1. The zero-order valence-electron chi connectivity index (χ0n) is 9.34. The Morgan fingerprint density at radius 3 is 1.94 bits per heavy atom. The van der Waals surface area contributed by atoms with Gasteiger partial charge in [0.2, 0.25) is 0 Å². The number of halogens is 5. The normalized spacial score (nSPS) is 12.1. The maximum atomic E-state index is 12.5. The highest BCUT2D eigenvalue weighted by molar-refractivity contribution is 5.51. The Labute approximate surface area is 100 Å². The smallest absolute Gasteiger partial charge is 0.433 e. The predicted octanol–water partition coefficient (Wildman–Crippen LogP) is 4.15. The lowest BCUT2D eigenvalue weighted by Gasteiger charge is -2.23. The van der Waals surface area contributed by atoms with Gasteiger partial charge in [0.1, 0.15) is 5.75 Å². The molecule has 0 bridgehead atoms. The van der Waals surface area contributed by atoms with Gasteiger partial charge in [0.25, 0.3) is 0 Å². The minimum Gasteiger partial charge on any atom is -0.433 e. The number of alkyl halides is 5. The van der Waals surface area contributed by atoms with Crippen molar-refractivity contribution in [1.29, 1.82) is 0 Å². The molecule has 0 unspecified atom stereocenters. The Kier molecular flexibility index (Phi) is 3.83. The maximum Gasteiger partial charge on any atom is 0.488 e. The summed E-state index contributed by atoms with van der Waals surface area (Å²) in [6.45, 7) is 3.57. The van der Waals surface area contributed by atoms with Crippen LogP contribution in [0.15, 0.2) is 37.0 Å². The van der Waals surface area contributed by atoms with Crippen molar-refractivity contribution in [2.45, 2.75) is 19.3 Å². The van der Waals surface area contributed by atoms with Gasteiger partial charge in [-0.3, -0.25) is 4.90 Å². The van der Waals surface area contributed by atoms with E-state index in [2.05, 4.69) is 11.3 Å². The summed E-state index contributed by atoms with van der Waals surface area (Å²) in [7, 11) is 0. The summed E-state index contributed by atoms with van der Waals surface area (Å²) >= 11 is 0. The Morgan fingerprint density at radius 2 is 1.61 bits per heavy atom. The molecular weight excluding hydrogens is 257 g/mol. The van der Waals surface area contributed by atoms with Crippen LogP contribution in [0.5, 0.6) is 5.75 Å². The van der Waals surface area contributed by atoms with Gasteiger partial charge in [-0.25, -0.2) is 0 Å². The second-order valence-corrected chi connectivity index (χ2v) is 3.42. The summed E-state index contributed by atoms with van der Waals surface area (Å²) in [5.41, 5.74) is -0.246. The highest BCUT2D eigenvalue weighted by atomic mass is 19.4. The van der Waals surface area contributed by atoms with Gasteiger partial charge < -0.3 is 4.74 Å². The second-order valence-electron chi connectivity index (χ2n) is 3.42. The second kappa shape index (κ2) is 4.83. The van der Waals surface area contributed by atoms with E-state index in [1.807, 2.05) is 0 Å². The summed E-state index contributed by atoms with van der Waals surface area (Å²) < 4.78 is 66.6. The standard InChI is InChI=1S/C11H10F5NO/c1-3-17(11(14,15)16)8-4-6-9(7-5-8)18-10(2,12)13/h3-7H,1H2,2H3. The van der Waals surface area contributed by atoms with Crippen LogP contribution in [-0.4, -0.2) is 12.4 Å². The predicted molar refractivity (Wildman–Crippen MR) is 56.4 cm³/mol. The van der Waals surface area contributed by atoms with E-state index in [1.165, 1.54) is 0 Å². The molecule has 0 N–H and O–H groups in total. The molecule has 0 amide bonds. The topological polar surface area (TPSA) is 12.5 Å². The molecule has 0 heterocycles. The van der Waals surface area contributed by atoms with E-state index in [1.54, 1.807) is 0 Å². The Balaban J connectivity index is 2.92. The van der Waals surface area contributed by atoms with Crippen LogP contribution in [0.25, 0.3) is 0 Å². The van der Waals surface area contributed by atoms with E-state index in [0.717, 1.165) is 24.3 Å². The fourth-order valence-corrected chi connectivity index (χ4v) is 1.24. The number of benzene rings is 1. The molecule has 1 aromatic carbocycles. The molecule has 0 atom stereocenters. The van der Waals surface area contributed by atoms with Crippen LogP contribution < -0.4 is 9.64 Å². The molecule has 7 heteroatoms. The van der Waals surface area contributed by atoms with Crippen LogP contribution in [0.4, 0.5) is 27.6 Å². The maximum absolute atomic E-state index is 12.5. The van der Waals surface area contributed by atoms with E-state index >= 15 is 0 Å². The number of hydrogen-bond acceptors (Lipinski definition) is 2. The van der Waals surface area contributed by atoms with Gasteiger partial charge in [0.15, 0.2) is 0 Å². The molecule has 0 saturated carbocycles. The van der Waals surface area contributed by atoms with Gasteiger partial charge in [-0.15, -0.1) is 13.2 Å². The van der Waals surface area contributed by atoms with E-state index in [-0.39, 0.29) is 16.3 Å². The molecule has 18 heavy (non-hydrogen) atoms. The van der Waals surface area contributed by atoms with Gasteiger partial charge in [-0.2, -0.15) is 8.78 Å². The zero-order chi connectivity index (χ0) is 14.0. The fraction of sp³-hybridized carbons (Fsp3) is 0.273. The lowest BCUT2D eigenvalue weighted by molar-refractivity contribution is -0.159. The van der Waals surface area contributed by atoms with Crippen molar-refractivity contribution in [3.63, 3.8) is 0 Å². The Bertz CT molecular complexity index is 407. The number of anilines is 1. The average Bonchev–Trinajstić information content (AvgIpc) is 2.17. The summed E-state index contributed by atoms with van der Waals surface area (Å²) in [6, 6.07) is 4.07. The molecule has 0 spiro atoms. The van der Waals surface area contributed by atoms with Crippen LogP contribution in [0.2, 0.25) is 0 Å². The van der Waals surface area contributed by atoms with Gasteiger partial charge in [0.05, 0.1) is 0 Å². The van der Waals surface area contributed by atoms with Crippen LogP contribution >= 0.6 is 0 Å². The van der Waals surface area contributed by atoms with E-state index in [4.69, 9.17) is 0 Å². The van der Waals surface area contributed by atoms with Crippen molar-refractivity contribution in [1.82, 2.24) is 0 Å². The summed E-state index contributed by atoms with van der Waals surface area (Å²) in [5.74, 6) is -0.225. The molecule has 2 nitrogen and oxygen atoms in total. The summed E-state index contributed by atoms with van der Waals surface area (Å²) in [6.07, 6.45) is -7.42. The minimum atomic E-state index is -4.63. The van der Waals surface area contributed by atoms with Crippen LogP contribution in [0.1, 0.15) is 6.92 Å². The third kappa shape index (κ3) is 3.90. The first-order valence-electron chi connectivity index (χ1n) is 4.79. The van der Waals surface area contributed by atoms with Gasteiger partial charge in [-0.1, -0.05) is 6.58 Å². The molecule has 1 aromatic rings. The average molecular weight is 267 g/mol. The van der Waals surface area contributed by atoms with Crippen molar-refractivity contribution >= 4 is 5.69 Å². The van der Waals surface area contributed by atoms with Crippen molar-refractivity contribution in [2.75, 3.05) is 4.90 Å². The molecule has 1 rings (SSSR count). The number of ether oxygens (including phenoxy) is 1. The lowest BCUT2D eigenvalue weighted by atomic mass is 10.3. The molecular formula is C11H10F5NO. The third-order valence-corrected chi connectivity index (χ3v) is 1.87. The molecule has 0 fully saturated rings. The molecule has 0 aliphatic rings. The summed E-state index contributed by atoms with van der Waals surface area (Å²) in [5, 5.41) is 0. The van der Waals surface area contributed by atoms with Crippen molar-refractivity contribution in [3.05, 3.63) is 37.0 Å². The van der Waals surface area contributed by atoms with Gasteiger partial charge in [-0.05, 0) is 24.3 Å². The highest BCUT2D eigenvalue weighted by Crippen LogP contribution is 2.30. The number of hydrogen-bond donors (Lipinski definition) is 0. The van der Waals surface area contributed by atoms with E-state index < -0.39 is 12.4 Å². The minimum absolute atomic E-state index is 0.0408. The van der Waals surface area contributed by atoms with Crippen molar-refractivity contribution < 1.29 is 26.7 Å². The lowest BCUT2D eigenvalue weighted by Crippen LogP contribution is -2.32. The largest absolute Gasteiger partial charge is 0.488 e. The van der Waals surface area contributed by atoms with E-state index in [0.29, 0.717) is 13.1 Å². The fourth-order valence-electron chi connectivity index (χ4n) is 1.24. The molecule has 0 aromatic heterocycles. The van der Waals surface area contributed by atoms with Gasteiger partial charge >= 0.3 is 12.4 Å². The first-order chi connectivity index (χ1) is 8.13. The van der Waals surface area contributed by atoms with Crippen LogP contribution in [0, 0.1) is 0 Å². The van der Waals surface area contributed by atoms with E-state index in [9.17, 15) is 22.0 Å². The first-order valence-corrected chi connectivity index (χ1v) is 4.79. The molecule has 0 saturated heterocycles. The highest BCUT2D eigenvalue weighted by Gasteiger charge is 2.35. The van der Waals surface area contributed by atoms with Gasteiger partial charge in [0, 0.05) is 18.8 Å². The monoisotopic (exact) mass is 267 g/mol. The number of rotatable bonds is 4.